The fourth-order valence-corrected chi connectivity index (χ4v) is 6.45. The van der Waals surface area contributed by atoms with Gasteiger partial charge in [-0.25, -0.2) is 4.99 Å². The highest BCUT2D eigenvalue weighted by Crippen LogP contribution is 2.51. The van der Waals surface area contributed by atoms with Gasteiger partial charge in [-0.2, -0.15) is 0 Å². The summed E-state index contributed by atoms with van der Waals surface area (Å²) in [6.07, 6.45) is 0.858. The minimum absolute atomic E-state index is 0.303. The molecule has 2 heterocycles. The van der Waals surface area contributed by atoms with Crippen LogP contribution in [-0.2, 0) is 0 Å². The minimum atomic E-state index is 0.303. The van der Waals surface area contributed by atoms with E-state index < -0.39 is 0 Å². The van der Waals surface area contributed by atoms with Crippen molar-refractivity contribution >= 4 is 46.4 Å². The lowest BCUT2D eigenvalue weighted by molar-refractivity contribution is 0.984. The van der Waals surface area contributed by atoms with Gasteiger partial charge in [-0.1, -0.05) is 78.5 Å². The Hall–Kier alpha value is -2.95. The predicted octanol–water partition coefficient (Wildman–Crippen LogP) is 8.26. The van der Waals surface area contributed by atoms with Crippen LogP contribution in [0.15, 0.2) is 123 Å². The summed E-state index contributed by atoms with van der Waals surface area (Å²) in [6.45, 7) is 0. The van der Waals surface area contributed by atoms with E-state index in [9.17, 15) is 0 Å². The van der Waals surface area contributed by atoms with Crippen LogP contribution in [-0.4, -0.2) is 5.84 Å². The molecule has 0 aromatic heterocycles. The van der Waals surface area contributed by atoms with Crippen LogP contribution >= 0.6 is 23.5 Å². The van der Waals surface area contributed by atoms with E-state index in [-0.39, 0.29) is 0 Å². The van der Waals surface area contributed by atoms with Crippen molar-refractivity contribution in [2.45, 2.75) is 26.4 Å². The molecule has 0 saturated heterocycles. The van der Waals surface area contributed by atoms with E-state index in [0.29, 0.717) is 5.25 Å². The monoisotopic (exact) mass is 436 g/mol. The number of anilines is 2. The molecule has 4 heteroatoms. The van der Waals surface area contributed by atoms with Gasteiger partial charge in [0.1, 0.15) is 5.84 Å². The third kappa shape index (κ3) is 3.46. The molecule has 0 spiro atoms. The first-order chi connectivity index (χ1) is 15.4. The van der Waals surface area contributed by atoms with Crippen LogP contribution in [0.4, 0.5) is 17.1 Å². The van der Waals surface area contributed by atoms with Gasteiger partial charge in [-0.05, 0) is 42.0 Å². The molecule has 1 unspecified atom stereocenters. The average molecular weight is 437 g/mol. The highest BCUT2D eigenvalue weighted by atomic mass is 32.2. The van der Waals surface area contributed by atoms with Crippen LogP contribution in [0.3, 0.4) is 0 Å². The number of hydrogen-bond acceptors (Lipinski definition) is 4. The van der Waals surface area contributed by atoms with Crippen molar-refractivity contribution in [3.63, 3.8) is 0 Å². The number of fused-ring (bicyclic) bond motifs is 3. The van der Waals surface area contributed by atoms with E-state index in [1.165, 1.54) is 31.6 Å². The number of rotatable bonds is 1. The Kier molecular flexibility index (Phi) is 4.82. The molecule has 2 aliphatic rings. The molecule has 31 heavy (non-hydrogen) atoms. The van der Waals surface area contributed by atoms with Crippen molar-refractivity contribution in [2.75, 3.05) is 4.90 Å². The van der Waals surface area contributed by atoms with Crippen molar-refractivity contribution in [2.24, 2.45) is 4.99 Å². The Morgan fingerprint density at radius 1 is 0.645 bits per heavy atom. The second kappa shape index (κ2) is 7.95. The summed E-state index contributed by atoms with van der Waals surface area (Å²) < 4.78 is 0. The second-order valence-electron chi connectivity index (χ2n) is 7.59. The predicted molar refractivity (Wildman–Crippen MR) is 132 cm³/mol. The van der Waals surface area contributed by atoms with Crippen LogP contribution in [0.5, 0.6) is 0 Å². The third-order valence-corrected chi connectivity index (χ3v) is 8.07. The topological polar surface area (TPSA) is 15.6 Å². The molecule has 150 valence electrons. The van der Waals surface area contributed by atoms with Crippen molar-refractivity contribution in [1.29, 1.82) is 0 Å². The number of hydrogen-bond donors (Lipinski definition) is 0. The normalized spacial score (nSPS) is 17.1. The highest BCUT2D eigenvalue weighted by Gasteiger charge is 2.30. The van der Waals surface area contributed by atoms with Crippen molar-refractivity contribution in [3.8, 4) is 0 Å². The molecular formula is C27H20N2S2. The molecule has 2 aliphatic heterocycles. The highest BCUT2D eigenvalue weighted by molar-refractivity contribution is 8.00. The maximum Gasteiger partial charge on any atom is 0.115 e. The van der Waals surface area contributed by atoms with Crippen LogP contribution in [0, 0.1) is 0 Å². The summed E-state index contributed by atoms with van der Waals surface area (Å²) in [4.78, 5) is 11.4. The molecule has 0 radical (unpaired) electrons. The molecular weight excluding hydrogens is 416 g/mol. The number of nitrogens with zero attached hydrogens (tertiary/aromatic N) is 2. The Balaban J connectivity index is 1.54. The number of benzene rings is 4. The Morgan fingerprint density at radius 2 is 1.23 bits per heavy atom. The lowest BCUT2D eigenvalue weighted by Gasteiger charge is -2.34. The first kappa shape index (κ1) is 18.8. The molecule has 1 atom stereocenters. The zero-order valence-electron chi connectivity index (χ0n) is 16.8. The van der Waals surface area contributed by atoms with E-state index in [0.717, 1.165) is 17.9 Å². The van der Waals surface area contributed by atoms with Gasteiger partial charge in [0.25, 0.3) is 0 Å². The van der Waals surface area contributed by atoms with Gasteiger partial charge < -0.3 is 0 Å². The summed E-state index contributed by atoms with van der Waals surface area (Å²) >= 11 is 3.75. The van der Waals surface area contributed by atoms with E-state index in [1.807, 2.05) is 23.5 Å². The minimum Gasteiger partial charge on any atom is -0.296 e. The van der Waals surface area contributed by atoms with Crippen LogP contribution in [0.1, 0.15) is 17.2 Å². The van der Waals surface area contributed by atoms with Crippen molar-refractivity contribution in [1.82, 2.24) is 0 Å². The Labute approximate surface area is 191 Å². The van der Waals surface area contributed by atoms with Gasteiger partial charge >= 0.3 is 0 Å². The van der Waals surface area contributed by atoms with Gasteiger partial charge in [0.05, 0.1) is 17.1 Å². The molecule has 0 N–H and O–H groups in total. The summed E-state index contributed by atoms with van der Waals surface area (Å²) in [5.41, 5.74) is 4.81. The zero-order valence-corrected chi connectivity index (χ0v) is 18.4. The maximum atomic E-state index is 5.25. The summed E-state index contributed by atoms with van der Waals surface area (Å²) in [5.74, 6) is 1.09. The fourth-order valence-electron chi connectivity index (χ4n) is 4.17. The van der Waals surface area contributed by atoms with Crippen LogP contribution in [0.25, 0.3) is 0 Å². The van der Waals surface area contributed by atoms with Crippen LogP contribution < -0.4 is 4.90 Å². The molecule has 4 aromatic carbocycles. The first-order valence-corrected chi connectivity index (χ1v) is 12.1. The number of aliphatic imine (C=N–C) groups is 1. The van der Waals surface area contributed by atoms with Gasteiger partial charge in [0.15, 0.2) is 0 Å². The number of amidine groups is 1. The van der Waals surface area contributed by atoms with Gasteiger partial charge in [-0.15, -0.1) is 11.8 Å². The van der Waals surface area contributed by atoms with Crippen molar-refractivity contribution < 1.29 is 0 Å². The van der Waals surface area contributed by atoms with Gasteiger partial charge in [0, 0.05) is 26.4 Å². The number of para-hydroxylation sites is 3. The standard InChI is InChI=1S/C27H20N2S2/c1-2-10-19(11-3-1)26-18-27(28-20-12-4-7-15-23(20)30-26)29-21-13-5-8-16-24(21)31-25-17-9-6-14-22(25)29/h1-17,26H,18H2. The van der Waals surface area contributed by atoms with Gasteiger partial charge in [0.2, 0.25) is 0 Å². The molecule has 2 nitrogen and oxygen atoms in total. The molecule has 0 aliphatic carbocycles. The lowest BCUT2D eigenvalue weighted by atomic mass is 10.1. The largest absolute Gasteiger partial charge is 0.296 e. The SMILES string of the molecule is c1ccc(C2CC(N3c4ccccc4Sc4ccccc43)=Nc3ccccc3S2)cc1. The third-order valence-electron chi connectivity index (χ3n) is 5.61. The summed E-state index contributed by atoms with van der Waals surface area (Å²) in [7, 11) is 0. The van der Waals surface area contributed by atoms with Crippen LogP contribution in [0.2, 0.25) is 0 Å². The fraction of sp³-hybridized carbons (Fsp3) is 0.0741. The molecule has 6 rings (SSSR count). The Bertz CT molecular complexity index is 1240. The van der Waals surface area contributed by atoms with E-state index in [4.69, 9.17) is 4.99 Å². The smallest absolute Gasteiger partial charge is 0.115 e. The van der Waals surface area contributed by atoms with E-state index in [1.54, 1.807) is 0 Å². The van der Waals surface area contributed by atoms with E-state index in [2.05, 4.69) is 108 Å². The molecule has 0 saturated carbocycles. The zero-order chi connectivity index (χ0) is 20.6. The quantitative estimate of drug-likeness (QED) is 0.299. The lowest BCUT2D eigenvalue weighted by Crippen LogP contribution is -2.29. The molecule has 0 bridgehead atoms. The average Bonchev–Trinajstić information content (AvgIpc) is 3.02. The van der Waals surface area contributed by atoms with Crippen molar-refractivity contribution in [3.05, 3.63) is 109 Å². The second-order valence-corrected chi connectivity index (χ2v) is 9.92. The summed E-state index contributed by atoms with van der Waals surface area (Å²) in [6, 6.07) is 36.6. The molecule has 0 fully saturated rings. The van der Waals surface area contributed by atoms with E-state index >= 15 is 0 Å². The number of thioether (sulfide) groups is 1. The summed E-state index contributed by atoms with van der Waals surface area (Å²) in [5, 5.41) is 0.303. The molecule has 4 aromatic rings. The molecule has 0 amide bonds. The van der Waals surface area contributed by atoms with Gasteiger partial charge in [-0.3, -0.25) is 4.90 Å². The first-order valence-electron chi connectivity index (χ1n) is 10.4. The maximum absolute atomic E-state index is 5.25. The Morgan fingerprint density at radius 3 is 1.94 bits per heavy atom.